The first kappa shape index (κ1) is 17.8. The van der Waals surface area contributed by atoms with Crippen LogP contribution in [0.1, 0.15) is 32.9 Å². The molecular weight excluding hydrogens is 358 g/mol. The van der Waals surface area contributed by atoms with Gasteiger partial charge in [0.2, 0.25) is 5.91 Å². The van der Waals surface area contributed by atoms with Gasteiger partial charge < -0.3 is 19.9 Å². The van der Waals surface area contributed by atoms with E-state index in [0.29, 0.717) is 29.2 Å². The lowest BCUT2D eigenvalue weighted by Gasteiger charge is -2.12. The molecule has 0 spiro atoms. The van der Waals surface area contributed by atoms with Crippen molar-refractivity contribution in [2.75, 3.05) is 10.6 Å². The van der Waals surface area contributed by atoms with Crippen molar-refractivity contribution >= 4 is 23.2 Å². The van der Waals surface area contributed by atoms with Crippen LogP contribution < -0.4 is 15.4 Å². The molecule has 2 aromatic carbocycles. The number of aromatic nitrogens is 1. The van der Waals surface area contributed by atoms with E-state index in [-0.39, 0.29) is 18.4 Å². The molecule has 1 aromatic heterocycles. The van der Waals surface area contributed by atoms with Crippen LogP contribution in [-0.4, -0.2) is 17.0 Å². The normalized spacial score (nSPS) is 12.4. The second-order valence-electron chi connectivity index (χ2n) is 6.64. The van der Waals surface area contributed by atoms with Gasteiger partial charge in [0, 0.05) is 11.4 Å². The van der Waals surface area contributed by atoms with E-state index in [2.05, 4.69) is 15.8 Å². The number of anilines is 2. The Kier molecular flexibility index (Phi) is 4.57. The van der Waals surface area contributed by atoms with Crippen molar-refractivity contribution in [3.05, 3.63) is 70.6 Å². The average Bonchev–Trinajstić information content (AvgIpc) is 3.20. The molecule has 0 bridgehead atoms. The first-order valence-corrected chi connectivity index (χ1v) is 8.89. The highest BCUT2D eigenvalue weighted by Crippen LogP contribution is 2.27. The Morgan fingerprint density at radius 1 is 1.25 bits per heavy atom. The number of hydrogen-bond acceptors (Lipinski definition) is 5. The van der Waals surface area contributed by atoms with E-state index in [1.54, 1.807) is 36.4 Å². The molecule has 0 unspecified atom stereocenters. The SMILES string of the molecule is Cc1noc(C)c1COc1ccccc1C(=O)Nc1ccc2c(c1)CC(=O)N2. The van der Waals surface area contributed by atoms with Gasteiger partial charge in [-0.2, -0.15) is 0 Å². The monoisotopic (exact) mass is 377 g/mol. The summed E-state index contributed by atoms with van der Waals surface area (Å²) in [5, 5.41) is 9.56. The fourth-order valence-corrected chi connectivity index (χ4v) is 3.14. The van der Waals surface area contributed by atoms with Crippen LogP contribution in [0.15, 0.2) is 47.0 Å². The minimum Gasteiger partial charge on any atom is -0.488 e. The maximum absolute atomic E-state index is 12.8. The number of hydrogen-bond donors (Lipinski definition) is 2. The Bertz CT molecular complexity index is 1050. The van der Waals surface area contributed by atoms with E-state index in [0.717, 1.165) is 22.5 Å². The Balaban J connectivity index is 1.51. The molecule has 28 heavy (non-hydrogen) atoms. The van der Waals surface area contributed by atoms with Gasteiger partial charge in [0.1, 0.15) is 18.1 Å². The van der Waals surface area contributed by atoms with Crippen molar-refractivity contribution < 1.29 is 18.8 Å². The van der Waals surface area contributed by atoms with Crippen molar-refractivity contribution in [1.82, 2.24) is 5.16 Å². The number of nitrogens with one attached hydrogen (secondary N) is 2. The molecular formula is C21H19N3O4. The molecule has 2 N–H and O–H groups in total. The third-order valence-corrected chi connectivity index (χ3v) is 4.67. The van der Waals surface area contributed by atoms with Gasteiger partial charge in [-0.05, 0) is 49.7 Å². The van der Waals surface area contributed by atoms with Crippen LogP contribution >= 0.6 is 0 Å². The molecule has 3 aromatic rings. The van der Waals surface area contributed by atoms with E-state index in [1.807, 2.05) is 19.9 Å². The Labute approximate surface area is 161 Å². The molecule has 0 fully saturated rings. The topological polar surface area (TPSA) is 93.5 Å². The average molecular weight is 377 g/mol. The predicted octanol–water partition coefficient (Wildman–Crippen LogP) is 3.62. The molecule has 7 heteroatoms. The number of amides is 2. The highest BCUT2D eigenvalue weighted by molar-refractivity contribution is 6.07. The van der Waals surface area contributed by atoms with E-state index < -0.39 is 0 Å². The van der Waals surface area contributed by atoms with Gasteiger partial charge >= 0.3 is 0 Å². The number of para-hydroxylation sites is 1. The quantitative estimate of drug-likeness (QED) is 0.708. The van der Waals surface area contributed by atoms with Crippen molar-refractivity contribution in [1.29, 1.82) is 0 Å². The van der Waals surface area contributed by atoms with Crippen LogP contribution in [0, 0.1) is 13.8 Å². The third-order valence-electron chi connectivity index (χ3n) is 4.67. The van der Waals surface area contributed by atoms with Crippen molar-refractivity contribution in [2.24, 2.45) is 0 Å². The second-order valence-corrected chi connectivity index (χ2v) is 6.64. The lowest BCUT2D eigenvalue weighted by molar-refractivity contribution is -0.115. The molecule has 4 rings (SSSR count). The number of rotatable bonds is 5. The van der Waals surface area contributed by atoms with Gasteiger partial charge in [-0.25, -0.2) is 0 Å². The van der Waals surface area contributed by atoms with Crippen LogP contribution in [0.2, 0.25) is 0 Å². The minimum absolute atomic E-state index is 0.0449. The number of carbonyl (C=O) groups excluding carboxylic acids is 2. The first-order valence-electron chi connectivity index (χ1n) is 8.89. The molecule has 142 valence electrons. The molecule has 2 amide bonds. The fraction of sp³-hybridized carbons (Fsp3) is 0.190. The standard InChI is InChI=1S/C21H19N3O4/c1-12-17(13(2)28-24-12)11-27-19-6-4-3-5-16(19)21(26)22-15-7-8-18-14(9-15)10-20(25)23-18/h3-9H,10-11H2,1-2H3,(H,22,26)(H,23,25). The largest absolute Gasteiger partial charge is 0.488 e. The van der Waals surface area contributed by atoms with Gasteiger partial charge in [0.25, 0.3) is 5.91 Å². The number of nitrogens with zero attached hydrogens (tertiary/aromatic N) is 1. The first-order chi connectivity index (χ1) is 13.5. The summed E-state index contributed by atoms with van der Waals surface area (Å²) in [6.07, 6.45) is 0.316. The van der Waals surface area contributed by atoms with E-state index in [4.69, 9.17) is 9.26 Å². The van der Waals surface area contributed by atoms with Crippen molar-refractivity contribution in [2.45, 2.75) is 26.9 Å². The van der Waals surface area contributed by atoms with E-state index in [9.17, 15) is 9.59 Å². The Morgan fingerprint density at radius 3 is 2.86 bits per heavy atom. The molecule has 0 atom stereocenters. The highest BCUT2D eigenvalue weighted by Gasteiger charge is 2.19. The van der Waals surface area contributed by atoms with Crippen LogP contribution in [-0.2, 0) is 17.8 Å². The zero-order valence-electron chi connectivity index (χ0n) is 15.5. The molecule has 0 saturated carbocycles. The molecule has 1 aliphatic heterocycles. The third kappa shape index (κ3) is 3.46. The summed E-state index contributed by atoms with van der Waals surface area (Å²) in [4.78, 5) is 24.3. The van der Waals surface area contributed by atoms with Gasteiger partial charge in [-0.3, -0.25) is 9.59 Å². The summed E-state index contributed by atoms with van der Waals surface area (Å²) in [5.74, 6) is 0.835. The summed E-state index contributed by atoms with van der Waals surface area (Å²) in [6, 6.07) is 12.4. The van der Waals surface area contributed by atoms with E-state index >= 15 is 0 Å². The lowest BCUT2D eigenvalue weighted by atomic mass is 10.1. The lowest BCUT2D eigenvalue weighted by Crippen LogP contribution is -2.14. The Hall–Kier alpha value is -3.61. The summed E-state index contributed by atoms with van der Waals surface area (Å²) >= 11 is 0. The highest BCUT2D eigenvalue weighted by atomic mass is 16.5. The maximum Gasteiger partial charge on any atom is 0.259 e. The molecule has 1 aliphatic rings. The molecule has 0 aliphatic carbocycles. The Morgan fingerprint density at radius 2 is 2.07 bits per heavy atom. The van der Waals surface area contributed by atoms with Gasteiger partial charge in [-0.15, -0.1) is 0 Å². The smallest absolute Gasteiger partial charge is 0.259 e. The predicted molar refractivity (Wildman–Crippen MR) is 103 cm³/mol. The number of aryl methyl sites for hydroxylation is 2. The number of ether oxygens (including phenoxy) is 1. The van der Waals surface area contributed by atoms with Crippen molar-refractivity contribution in [3.8, 4) is 5.75 Å². The molecule has 0 radical (unpaired) electrons. The summed E-state index contributed by atoms with van der Waals surface area (Å²) in [7, 11) is 0. The molecule has 7 nitrogen and oxygen atoms in total. The number of carbonyl (C=O) groups is 2. The summed E-state index contributed by atoms with van der Waals surface area (Å²) in [6.45, 7) is 3.93. The minimum atomic E-state index is -0.286. The van der Waals surface area contributed by atoms with Crippen LogP contribution in [0.5, 0.6) is 5.75 Å². The summed E-state index contributed by atoms with van der Waals surface area (Å²) in [5.41, 5.74) is 4.33. The second kappa shape index (κ2) is 7.19. The fourth-order valence-electron chi connectivity index (χ4n) is 3.14. The van der Waals surface area contributed by atoms with Crippen LogP contribution in [0.4, 0.5) is 11.4 Å². The van der Waals surface area contributed by atoms with Crippen molar-refractivity contribution in [3.63, 3.8) is 0 Å². The molecule has 2 heterocycles. The number of fused-ring (bicyclic) bond motifs is 1. The van der Waals surface area contributed by atoms with Gasteiger partial charge in [-0.1, -0.05) is 17.3 Å². The zero-order valence-corrected chi connectivity index (χ0v) is 15.5. The van der Waals surface area contributed by atoms with Crippen LogP contribution in [0.3, 0.4) is 0 Å². The molecule has 0 saturated heterocycles. The van der Waals surface area contributed by atoms with Gasteiger partial charge in [0.05, 0.1) is 23.2 Å². The van der Waals surface area contributed by atoms with E-state index in [1.165, 1.54) is 0 Å². The zero-order chi connectivity index (χ0) is 19.7. The van der Waals surface area contributed by atoms with Crippen LogP contribution in [0.25, 0.3) is 0 Å². The maximum atomic E-state index is 12.8. The number of benzene rings is 2. The summed E-state index contributed by atoms with van der Waals surface area (Å²) < 4.78 is 11.0. The van der Waals surface area contributed by atoms with Gasteiger partial charge in [0.15, 0.2) is 0 Å².